The molecular weight excluding hydrogens is 565 g/mol. The van der Waals surface area contributed by atoms with E-state index in [1.54, 1.807) is 55.6 Å². The van der Waals surface area contributed by atoms with E-state index in [1.807, 2.05) is 36.4 Å². The van der Waals surface area contributed by atoms with Crippen LogP contribution in [-0.4, -0.2) is 71.2 Å². The first-order chi connectivity index (χ1) is 18.6. The zero-order chi connectivity index (χ0) is 27.3. The number of aliphatic hydroxyl groups excluding tert-OH is 1. The van der Waals surface area contributed by atoms with Gasteiger partial charge in [-0.25, -0.2) is 9.97 Å². The van der Waals surface area contributed by atoms with Crippen LogP contribution in [0.3, 0.4) is 0 Å². The van der Waals surface area contributed by atoms with E-state index in [0.29, 0.717) is 45.2 Å². The number of methoxy groups -OCH3 is 1. The molecule has 0 bridgehead atoms. The number of aromatic nitrogens is 2. The normalized spacial score (nSPS) is 12.6. The number of esters is 2. The minimum Gasteiger partial charge on any atom is -0.469 e. The van der Waals surface area contributed by atoms with Crippen molar-refractivity contribution in [2.45, 2.75) is 61.0 Å². The molecule has 0 saturated heterocycles. The summed E-state index contributed by atoms with van der Waals surface area (Å²) in [5.74, 6) is 0.977. The fourth-order valence-electron chi connectivity index (χ4n) is 2.93. The monoisotopic (exact) mass is 600 g/mol. The van der Waals surface area contributed by atoms with Crippen molar-refractivity contribution in [1.29, 1.82) is 0 Å². The number of aliphatic hydroxyl groups is 1. The lowest BCUT2D eigenvalue weighted by molar-refractivity contribution is -0.151. The Morgan fingerprint density at radius 2 is 1.45 bits per heavy atom. The van der Waals surface area contributed by atoms with Crippen molar-refractivity contribution >= 4 is 55.1 Å². The molecule has 0 aliphatic rings. The summed E-state index contributed by atoms with van der Waals surface area (Å²) in [6.07, 6.45) is 5.39. The second kappa shape index (κ2) is 21.4. The topological polar surface area (TPSA) is 123 Å². The number of hydrogen-bond acceptors (Lipinski definition) is 13. The zero-order valence-corrected chi connectivity index (χ0v) is 24.7. The SMILES string of the molecule is COC(=O)CCCNC(CCSSc1ccccn1)OC(=O)CCCNC(O)CCSSc1ccccn1. The number of carbonyl (C=O) groups excluding carboxylic acids is 2. The molecule has 2 unspecified atom stereocenters. The lowest BCUT2D eigenvalue weighted by atomic mass is 10.3. The van der Waals surface area contributed by atoms with Crippen LogP contribution in [0.4, 0.5) is 0 Å². The second-order valence-electron chi connectivity index (χ2n) is 7.91. The molecule has 0 amide bonds. The molecular formula is C25H36N4O5S4. The summed E-state index contributed by atoms with van der Waals surface area (Å²) in [5, 5.41) is 18.3. The van der Waals surface area contributed by atoms with Gasteiger partial charge >= 0.3 is 11.9 Å². The highest BCUT2D eigenvalue weighted by Crippen LogP contribution is 2.30. The third kappa shape index (κ3) is 16.5. The molecule has 0 aliphatic carbocycles. The van der Waals surface area contributed by atoms with Gasteiger partial charge in [0, 0.05) is 43.2 Å². The van der Waals surface area contributed by atoms with Crippen molar-refractivity contribution in [3.8, 4) is 0 Å². The van der Waals surface area contributed by atoms with Crippen LogP contribution in [0.2, 0.25) is 0 Å². The Balaban J connectivity index is 1.60. The van der Waals surface area contributed by atoms with E-state index in [4.69, 9.17) is 4.74 Å². The Labute approximate surface area is 240 Å². The summed E-state index contributed by atoms with van der Waals surface area (Å²) in [6, 6.07) is 11.6. The van der Waals surface area contributed by atoms with Gasteiger partial charge in [0.2, 0.25) is 0 Å². The van der Waals surface area contributed by atoms with E-state index >= 15 is 0 Å². The van der Waals surface area contributed by atoms with Gasteiger partial charge in [0.15, 0.2) is 6.23 Å². The first kappa shape index (κ1) is 32.7. The maximum Gasteiger partial charge on any atom is 0.307 e. The molecule has 38 heavy (non-hydrogen) atoms. The molecule has 0 fully saturated rings. The molecule has 2 heterocycles. The van der Waals surface area contributed by atoms with E-state index in [2.05, 4.69) is 25.3 Å². The predicted molar refractivity (Wildman–Crippen MR) is 157 cm³/mol. The minimum atomic E-state index is -0.624. The van der Waals surface area contributed by atoms with Crippen molar-refractivity contribution in [2.75, 3.05) is 31.7 Å². The van der Waals surface area contributed by atoms with Gasteiger partial charge < -0.3 is 14.6 Å². The third-order valence-corrected chi connectivity index (χ3v) is 9.47. The minimum absolute atomic E-state index is 0.250. The number of pyridine rings is 2. The molecule has 9 nitrogen and oxygen atoms in total. The number of nitrogens with zero attached hydrogens (tertiary/aromatic N) is 2. The molecule has 2 rings (SSSR count). The van der Waals surface area contributed by atoms with Crippen LogP contribution in [0.1, 0.15) is 38.5 Å². The van der Waals surface area contributed by atoms with Gasteiger partial charge in [-0.05, 0) is 78.2 Å². The van der Waals surface area contributed by atoms with Gasteiger partial charge in [-0.15, -0.1) is 0 Å². The van der Waals surface area contributed by atoms with Crippen molar-refractivity contribution in [1.82, 2.24) is 20.6 Å². The smallest absolute Gasteiger partial charge is 0.307 e. The molecule has 0 spiro atoms. The Hall–Kier alpha value is -1.48. The number of hydrogen-bond donors (Lipinski definition) is 3. The van der Waals surface area contributed by atoms with Gasteiger partial charge in [0.25, 0.3) is 0 Å². The van der Waals surface area contributed by atoms with Crippen LogP contribution >= 0.6 is 43.2 Å². The first-order valence-electron chi connectivity index (χ1n) is 12.4. The van der Waals surface area contributed by atoms with Crippen molar-refractivity contribution in [2.24, 2.45) is 0 Å². The van der Waals surface area contributed by atoms with Crippen LogP contribution in [0.5, 0.6) is 0 Å². The highest BCUT2D eigenvalue weighted by molar-refractivity contribution is 8.77. The van der Waals surface area contributed by atoms with Crippen LogP contribution < -0.4 is 10.6 Å². The summed E-state index contributed by atoms with van der Waals surface area (Å²) in [4.78, 5) is 32.3. The van der Waals surface area contributed by atoms with Crippen molar-refractivity contribution in [3.63, 3.8) is 0 Å². The number of carbonyl (C=O) groups is 2. The summed E-state index contributed by atoms with van der Waals surface area (Å²) >= 11 is 0. The third-order valence-electron chi connectivity index (χ3n) is 4.87. The number of nitrogens with one attached hydrogen (secondary N) is 2. The summed E-state index contributed by atoms with van der Waals surface area (Å²) < 4.78 is 10.3. The second-order valence-corrected chi connectivity index (χ2v) is 12.8. The predicted octanol–water partition coefficient (Wildman–Crippen LogP) is 4.54. The average Bonchev–Trinajstić information content (AvgIpc) is 2.94. The zero-order valence-electron chi connectivity index (χ0n) is 21.5. The van der Waals surface area contributed by atoms with Crippen LogP contribution in [0, 0.1) is 0 Å². The quantitative estimate of drug-likeness (QED) is 0.0805. The van der Waals surface area contributed by atoms with Gasteiger partial charge in [0.05, 0.1) is 7.11 Å². The summed E-state index contributed by atoms with van der Waals surface area (Å²) in [7, 11) is 7.82. The van der Waals surface area contributed by atoms with Crippen molar-refractivity contribution in [3.05, 3.63) is 48.8 Å². The average molecular weight is 601 g/mol. The molecule has 3 N–H and O–H groups in total. The van der Waals surface area contributed by atoms with Crippen molar-refractivity contribution < 1.29 is 24.2 Å². The standard InChI is InChI=1S/C25H36N4O5S4/c1-33-24(31)10-6-17-27-21(13-19-36-38-23-9-3-5-15-29-23)34-25(32)11-7-16-26-20(30)12-18-35-37-22-8-2-4-14-28-22/h2-5,8-9,14-15,20-21,26-27,30H,6-7,10-13,16-19H2,1H3. The fourth-order valence-corrected chi connectivity index (χ4v) is 6.84. The van der Waals surface area contributed by atoms with Gasteiger partial charge in [-0.2, -0.15) is 0 Å². The largest absolute Gasteiger partial charge is 0.469 e. The lowest BCUT2D eigenvalue weighted by Gasteiger charge is -2.19. The molecule has 0 aliphatic heterocycles. The van der Waals surface area contributed by atoms with E-state index in [9.17, 15) is 14.7 Å². The van der Waals surface area contributed by atoms with E-state index in [1.165, 1.54) is 7.11 Å². The molecule has 2 aromatic rings. The molecule has 2 atom stereocenters. The van der Waals surface area contributed by atoms with Crippen LogP contribution in [0.15, 0.2) is 58.8 Å². The van der Waals surface area contributed by atoms with Gasteiger partial charge in [-0.3, -0.25) is 20.2 Å². The highest BCUT2D eigenvalue weighted by Gasteiger charge is 2.15. The Morgan fingerprint density at radius 1 is 0.868 bits per heavy atom. The fraction of sp³-hybridized carbons (Fsp3) is 0.520. The van der Waals surface area contributed by atoms with Crippen LogP contribution in [0.25, 0.3) is 0 Å². The van der Waals surface area contributed by atoms with Crippen LogP contribution in [-0.2, 0) is 19.1 Å². The molecule has 0 saturated carbocycles. The number of rotatable bonds is 21. The molecule has 2 aromatic heterocycles. The Kier molecular flexibility index (Phi) is 18.4. The van der Waals surface area contributed by atoms with E-state index in [-0.39, 0.29) is 18.4 Å². The maximum absolute atomic E-state index is 12.4. The molecule has 0 aromatic carbocycles. The number of ether oxygens (including phenoxy) is 2. The van der Waals surface area contributed by atoms with Gasteiger partial charge in [-0.1, -0.05) is 33.7 Å². The Bertz CT molecular complexity index is 902. The Morgan fingerprint density at radius 3 is 2.03 bits per heavy atom. The first-order valence-corrected chi connectivity index (χ1v) is 17.0. The molecule has 210 valence electrons. The van der Waals surface area contributed by atoms with E-state index < -0.39 is 12.5 Å². The van der Waals surface area contributed by atoms with Gasteiger partial charge in [0.1, 0.15) is 16.3 Å². The summed E-state index contributed by atoms with van der Waals surface area (Å²) in [6.45, 7) is 1.05. The maximum atomic E-state index is 12.4. The van der Waals surface area contributed by atoms with E-state index in [0.717, 1.165) is 21.6 Å². The summed E-state index contributed by atoms with van der Waals surface area (Å²) in [5.41, 5.74) is 0. The molecule has 0 radical (unpaired) electrons. The lowest BCUT2D eigenvalue weighted by Crippen LogP contribution is -2.35. The molecule has 13 heteroatoms. The highest BCUT2D eigenvalue weighted by atomic mass is 33.1.